The minimum Gasteiger partial charge on any atom is -0.344 e. The first-order valence-corrected chi connectivity index (χ1v) is 5.29. The molecule has 1 N–H and O–H groups in total. The molecule has 0 atom stereocenters. The molecule has 0 spiro atoms. The lowest BCUT2D eigenvalue weighted by Gasteiger charge is -2.01. The van der Waals surface area contributed by atoms with E-state index in [1.165, 1.54) is 6.33 Å². The molecule has 4 heteroatoms. The van der Waals surface area contributed by atoms with E-state index >= 15 is 0 Å². The van der Waals surface area contributed by atoms with Gasteiger partial charge in [0.25, 0.3) is 0 Å². The summed E-state index contributed by atoms with van der Waals surface area (Å²) in [5, 5.41) is 0. The molecule has 3 aromatic rings. The summed E-state index contributed by atoms with van der Waals surface area (Å²) in [6.45, 7) is 0. The van der Waals surface area contributed by atoms with Crippen LogP contribution in [0.2, 0.25) is 0 Å². The Balaban J connectivity index is 2.13. The first kappa shape index (κ1) is 9.72. The fraction of sp³-hybridized carbons (Fsp3) is 0. The smallest absolute Gasteiger partial charge is 0.115 e. The molecule has 0 fully saturated rings. The Kier molecular flexibility index (Phi) is 2.38. The SMILES string of the molecule is c1ccc(-c2[nH]cnc2-c2cncnc2)cc1. The molecule has 0 aliphatic heterocycles. The maximum atomic E-state index is 4.33. The molecular weight excluding hydrogens is 212 g/mol. The van der Waals surface area contributed by atoms with Crippen LogP contribution >= 0.6 is 0 Å². The molecule has 3 rings (SSSR count). The molecule has 2 aromatic heterocycles. The number of hydrogen-bond donors (Lipinski definition) is 1. The van der Waals surface area contributed by atoms with Gasteiger partial charge in [0, 0.05) is 23.5 Å². The molecule has 1 aromatic carbocycles. The molecule has 0 radical (unpaired) electrons. The third-order valence-corrected chi connectivity index (χ3v) is 2.54. The first-order chi connectivity index (χ1) is 8.45. The number of rotatable bonds is 2. The summed E-state index contributed by atoms with van der Waals surface area (Å²) < 4.78 is 0. The van der Waals surface area contributed by atoms with Gasteiger partial charge in [-0.25, -0.2) is 15.0 Å². The molecule has 0 saturated carbocycles. The Hall–Kier alpha value is -2.49. The minimum atomic E-state index is 0.872. The van der Waals surface area contributed by atoms with Gasteiger partial charge in [-0.2, -0.15) is 0 Å². The van der Waals surface area contributed by atoms with Crippen molar-refractivity contribution in [3.63, 3.8) is 0 Å². The third kappa shape index (κ3) is 1.80. The predicted octanol–water partition coefficient (Wildman–Crippen LogP) is 2.53. The number of hydrogen-bond acceptors (Lipinski definition) is 3. The van der Waals surface area contributed by atoms with E-state index in [-0.39, 0.29) is 0 Å². The molecular formula is C13H10N4. The summed E-state index contributed by atoms with van der Waals surface area (Å²) in [7, 11) is 0. The largest absolute Gasteiger partial charge is 0.344 e. The zero-order chi connectivity index (χ0) is 11.5. The van der Waals surface area contributed by atoms with E-state index in [0.29, 0.717) is 0 Å². The lowest BCUT2D eigenvalue weighted by Crippen LogP contribution is -1.85. The monoisotopic (exact) mass is 222 g/mol. The quantitative estimate of drug-likeness (QED) is 0.724. The van der Waals surface area contributed by atoms with E-state index in [1.807, 2.05) is 30.3 Å². The summed E-state index contributed by atoms with van der Waals surface area (Å²) in [6.07, 6.45) is 6.72. The third-order valence-electron chi connectivity index (χ3n) is 2.54. The van der Waals surface area contributed by atoms with Crippen molar-refractivity contribution in [2.45, 2.75) is 0 Å². The van der Waals surface area contributed by atoms with Gasteiger partial charge in [0.2, 0.25) is 0 Å². The average molecular weight is 222 g/mol. The van der Waals surface area contributed by atoms with Crippen LogP contribution in [0.25, 0.3) is 22.5 Å². The molecule has 82 valence electrons. The van der Waals surface area contributed by atoms with E-state index in [1.54, 1.807) is 18.7 Å². The molecule has 0 bridgehead atoms. The Morgan fingerprint density at radius 3 is 2.41 bits per heavy atom. The van der Waals surface area contributed by atoms with Crippen molar-refractivity contribution in [3.05, 3.63) is 55.4 Å². The average Bonchev–Trinajstić information content (AvgIpc) is 2.90. The fourth-order valence-electron chi connectivity index (χ4n) is 1.76. The lowest BCUT2D eigenvalue weighted by atomic mass is 10.1. The summed E-state index contributed by atoms with van der Waals surface area (Å²) in [5.41, 5.74) is 3.87. The van der Waals surface area contributed by atoms with Crippen molar-refractivity contribution in [1.82, 2.24) is 19.9 Å². The second-order valence-corrected chi connectivity index (χ2v) is 3.62. The highest BCUT2D eigenvalue weighted by molar-refractivity contribution is 5.77. The Morgan fingerprint density at radius 2 is 1.65 bits per heavy atom. The van der Waals surface area contributed by atoms with Crippen LogP contribution in [0.5, 0.6) is 0 Å². The second-order valence-electron chi connectivity index (χ2n) is 3.62. The minimum absolute atomic E-state index is 0.872. The molecule has 0 aliphatic carbocycles. The number of nitrogens with zero attached hydrogens (tertiary/aromatic N) is 3. The molecule has 17 heavy (non-hydrogen) atoms. The fourth-order valence-corrected chi connectivity index (χ4v) is 1.76. The van der Waals surface area contributed by atoms with E-state index in [2.05, 4.69) is 19.9 Å². The van der Waals surface area contributed by atoms with Crippen LogP contribution in [0.1, 0.15) is 0 Å². The molecule has 0 aliphatic rings. The standard InChI is InChI=1S/C13H10N4/c1-2-4-10(5-3-1)12-13(17-9-16-12)11-6-14-8-15-7-11/h1-9H,(H,16,17). The van der Waals surface area contributed by atoms with Crippen molar-refractivity contribution in [1.29, 1.82) is 0 Å². The molecule has 4 nitrogen and oxygen atoms in total. The van der Waals surface area contributed by atoms with Crippen molar-refractivity contribution in [2.75, 3.05) is 0 Å². The number of aromatic nitrogens is 4. The summed E-state index contributed by atoms with van der Waals surface area (Å²) in [6, 6.07) is 10.1. The number of nitrogens with one attached hydrogen (secondary N) is 1. The highest BCUT2D eigenvalue weighted by atomic mass is 14.9. The number of H-pyrrole nitrogens is 1. The summed E-state index contributed by atoms with van der Waals surface area (Å²) >= 11 is 0. The highest BCUT2D eigenvalue weighted by Gasteiger charge is 2.09. The van der Waals surface area contributed by atoms with Crippen molar-refractivity contribution in [2.24, 2.45) is 0 Å². The Bertz CT molecular complexity index is 548. The van der Waals surface area contributed by atoms with Crippen LogP contribution in [0.3, 0.4) is 0 Å². The van der Waals surface area contributed by atoms with E-state index in [0.717, 1.165) is 22.5 Å². The van der Waals surface area contributed by atoms with Gasteiger partial charge >= 0.3 is 0 Å². The Labute approximate surface area is 98.4 Å². The molecule has 0 saturated heterocycles. The van der Waals surface area contributed by atoms with Gasteiger partial charge in [-0.05, 0) is 0 Å². The van der Waals surface area contributed by atoms with Gasteiger partial charge in [-0.15, -0.1) is 0 Å². The number of benzene rings is 1. The maximum Gasteiger partial charge on any atom is 0.115 e. The van der Waals surface area contributed by atoms with Gasteiger partial charge in [0.05, 0.1) is 17.7 Å². The van der Waals surface area contributed by atoms with E-state index < -0.39 is 0 Å². The molecule has 0 unspecified atom stereocenters. The van der Waals surface area contributed by atoms with Gasteiger partial charge in [-0.3, -0.25) is 0 Å². The number of imidazole rings is 1. The highest BCUT2D eigenvalue weighted by Crippen LogP contribution is 2.27. The van der Waals surface area contributed by atoms with Gasteiger partial charge in [0.1, 0.15) is 6.33 Å². The van der Waals surface area contributed by atoms with E-state index in [9.17, 15) is 0 Å². The van der Waals surface area contributed by atoms with Crippen LogP contribution in [-0.2, 0) is 0 Å². The van der Waals surface area contributed by atoms with Crippen LogP contribution in [-0.4, -0.2) is 19.9 Å². The molecule has 2 heterocycles. The van der Waals surface area contributed by atoms with Crippen molar-refractivity contribution >= 4 is 0 Å². The number of aromatic amines is 1. The lowest BCUT2D eigenvalue weighted by molar-refractivity contribution is 1.16. The zero-order valence-electron chi connectivity index (χ0n) is 9.04. The van der Waals surface area contributed by atoms with Crippen LogP contribution in [0.15, 0.2) is 55.4 Å². The molecule has 0 amide bonds. The second kappa shape index (κ2) is 4.17. The van der Waals surface area contributed by atoms with Gasteiger partial charge in [-0.1, -0.05) is 30.3 Å². The van der Waals surface area contributed by atoms with Crippen molar-refractivity contribution < 1.29 is 0 Å². The predicted molar refractivity (Wildman–Crippen MR) is 65.0 cm³/mol. The van der Waals surface area contributed by atoms with Gasteiger partial charge < -0.3 is 4.98 Å². The van der Waals surface area contributed by atoms with Gasteiger partial charge in [0.15, 0.2) is 0 Å². The summed E-state index contributed by atoms with van der Waals surface area (Å²) in [5.74, 6) is 0. The zero-order valence-corrected chi connectivity index (χ0v) is 9.04. The Morgan fingerprint density at radius 1 is 0.882 bits per heavy atom. The van der Waals surface area contributed by atoms with Crippen molar-refractivity contribution in [3.8, 4) is 22.5 Å². The van der Waals surface area contributed by atoms with Crippen LogP contribution in [0, 0.1) is 0 Å². The maximum absolute atomic E-state index is 4.33. The van der Waals surface area contributed by atoms with Crippen LogP contribution in [0.4, 0.5) is 0 Å². The van der Waals surface area contributed by atoms with E-state index in [4.69, 9.17) is 0 Å². The van der Waals surface area contributed by atoms with Crippen LogP contribution < -0.4 is 0 Å². The first-order valence-electron chi connectivity index (χ1n) is 5.29. The summed E-state index contributed by atoms with van der Waals surface area (Å²) in [4.78, 5) is 15.5. The topological polar surface area (TPSA) is 54.5 Å². The normalized spacial score (nSPS) is 10.4.